The Morgan fingerprint density at radius 3 is 2.62 bits per heavy atom. The van der Waals surface area contributed by atoms with E-state index in [1.54, 1.807) is 12.3 Å². The van der Waals surface area contributed by atoms with E-state index in [0.29, 0.717) is 36.9 Å². The first-order chi connectivity index (χ1) is 16.2. The van der Waals surface area contributed by atoms with Gasteiger partial charge in [-0.05, 0) is 74.3 Å². The van der Waals surface area contributed by atoms with Crippen LogP contribution in [0.4, 0.5) is 5.69 Å². The zero-order valence-corrected chi connectivity index (χ0v) is 21.0. The van der Waals surface area contributed by atoms with Crippen LogP contribution < -0.4 is 4.90 Å². The average Bonchev–Trinajstić information content (AvgIpc) is 3.56. The Morgan fingerprint density at radius 2 is 2.00 bits per heavy atom. The Bertz CT molecular complexity index is 1150. The number of nitrogens with zero attached hydrogens (tertiary/aromatic N) is 3. The van der Waals surface area contributed by atoms with E-state index < -0.39 is 0 Å². The van der Waals surface area contributed by atoms with Gasteiger partial charge in [-0.25, -0.2) is 0 Å². The first kappa shape index (κ1) is 23.0. The summed E-state index contributed by atoms with van der Waals surface area (Å²) in [4.78, 5) is 17.7. The standard InChI is InChI=1S/C28H35N3O3/c1-17(2)26-15-30(9-10-31(26)27(32)20-8-11-33-18(20)3)25-12-21(19-6-7-19)24-16-34-28(4,5)13-22(24)23(25)14-29/h8,11-12,17,19,26H,6-7,9-10,13,15-16H2,1-5H3. The van der Waals surface area contributed by atoms with Crippen LogP contribution in [0.15, 0.2) is 22.8 Å². The highest BCUT2D eigenvalue weighted by Crippen LogP contribution is 2.47. The van der Waals surface area contributed by atoms with Crippen molar-refractivity contribution >= 4 is 11.6 Å². The molecule has 1 aliphatic carbocycles. The molecular weight excluding hydrogens is 426 g/mol. The molecule has 3 aliphatic rings. The third kappa shape index (κ3) is 4.01. The molecule has 6 nitrogen and oxygen atoms in total. The van der Waals surface area contributed by atoms with Crippen molar-refractivity contribution in [3.05, 3.63) is 52.0 Å². The van der Waals surface area contributed by atoms with Crippen LogP contribution in [0.25, 0.3) is 0 Å². The maximum absolute atomic E-state index is 13.4. The summed E-state index contributed by atoms with van der Waals surface area (Å²) in [5.41, 5.74) is 5.99. The number of hydrogen-bond acceptors (Lipinski definition) is 5. The van der Waals surface area contributed by atoms with Crippen molar-refractivity contribution in [1.29, 1.82) is 5.26 Å². The SMILES string of the molecule is Cc1occc1C(=O)N1CCN(c2cc(C3CC3)c3c(c2C#N)CC(C)(C)OC3)CC1C(C)C. The summed E-state index contributed by atoms with van der Waals surface area (Å²) in [6, 6.07) is 6.66. The first-order valence-electron chi connectivity index (χ1n) is 12.5. The smallest absolute Gasteiger partial charge is 0.257 e. The Labute approximate surface area is 202 Å². The van der Waals surface area contributed by atoms with Gasteiger partial charge in [0, 0.05) is 26.1 Å². The number of piperazine rings is 1. The van der Waals surface area contributed by atoms with Crippen LogP contribution in [0.5, 0.6) is 0 Å². The molecule has 1 aromatic carbocycles. The topological polar surface area (TPSA) is 69.7 Å². The molecule has 0 radical (unpaired) electrons. The number of carbonyl (C=O) groups excluding carboxylic acids is 1. The summed E-state index contributed by atoms with van der Waals surface area (Å²) in [7, 11) is 0. The number of furan rings is 1. The van der Waals surface area contributed by atoms with Gasteiger partial charge in [0.05, 0.1) is 41.3 Å². The molecule has 1 saturated heterocycles. The Balaban J connectivity index is 1.51. The Hall–Kier alpha value is -2.78. The molecule has 34 heavy (non-hydrogen) atoms. The molecule has 2 fully saturated rings. The highest BCUT2D eigenvalue weighted by molar-refractivity contribution is 5.95. The van der Waals surface area contributed by atoms with Crippen molar-refractivity contribution in [2.75, 3.05) is 24.5 Å². The molecule has 0 spiro atoms. The van der Waals surface area contributed by atoms with E-state index in [4.69, 9.17) is 9.15 Å². The quantitative estimate of drug-likeness (QED) is 0.628. The zero-order valence-electron chi connectivity index (χ0n) is 21.0. The van der Waals surface area contributed by atoms with E-state index in [1.807, 2.05) is 11.8 Å². The number of anilines is 1. The van der Waals surface area contributed by atoms with Crippen LogP contribution in [0.1, 0.15) is 84.8 Å². The van der Waals surface area contributed by atoms with Gasteiger partial charge in [0.1, 0.15) is 11.8 Å². The molecule has 1 amide bonds. The number of amides is 1. The second-order valence-corrected chi connectivity index (χ2v) is 11.1. The summed E-state index contributed by atoms with van der Waals surface area (Å²) >= 11 is 0. The van der Waals surface area contributed by atoms with Gasteiger partial charge in [0.15, 0.2) is 0 Å². The molecule has 1 atom stereocenters. The highest BCUT2D eigenvalue weighted by Gasteiger charge is 2.38. The fourth-order valence-electron chi connectivity index (χ4n) is 5.64. The summed E-state index contributed by atoms with van der Waals surface area (Å²) in [5.74, 6) is 1.57. The summed E-state index contributed by atoms with van der Waals surface area (Å²) < 4.78 is 11.6. The van der Waals surface area contributed by atoms with Gasteiger partial charge in [-0.1, -0.05) is 13.8 Å². The van der Waals surface area contributed by atoms with Gasteiger partial charge in [-0.15, -0.1) is 0 Å². The molecule has 2 aromatic rings. The lowest BCUT2D eigenvalue weighted by molar-refractivity contribution is -0.0405. The van der Waals surface area contributed by atoms with E-state index in [9.17, 15) is 10.1 Å². The van der Waals surface area contributed by atoms with Gasteiger partial charge in [-0.2, -0.15) is 5.26 Å². The molecule has 1 saturated carbocycles. The predicted molar refractivity (Wildman–Crippen MR) is 131 cm³/mol. The van der Waals surface area contributed by atoms with Crippen LogP contribution >= 0.6 is 0 Å². The number of rotatable bonds is 4. The summed E-state index contributed by atoms with van der Waals surface area (Å²) in [6.07, 6.45) is 4.76. The molecule has 180 valence electrons. The van der Waals surface area contributed by atoms with E-state index in [0.717, 1.165) is 24.2 Å². The number of benzene rings is 1. The van der Waals surface area contributed by atoms with E-state index in [-0.39, 0.29) is 23.5 Å². The van der Waals surface area contributed by atoms with Gasteiger partial charge in [-0.3, -0.25) is 4.79 Å². The van der Waals surface area contributed by atoms with Crippen molar-refractivity contribution in [1.82, 2.24) is 4.90 Å². The summed E-state index contributed by atoms with van der Waals surface area (Å²) in [6.45, 7) is 13.0. The number of ether oxygens (including phenoxy) is 1. The average molecular weight is 462 g/mol. The maximum atomic E-state index is 13.4. The monoisotopic (exact) mass is 461 g/mol. The van der Waals surface area contributed by atoms with Crippen molar-refractivity contribution in [2.24, 2.45) is 5.92 Å². The second-order valence-electron chi connectivity index (χ2n) is 11.1. The van der Waals surface area contributed by atoms with Crippen LogP contribution in [-0.4, -0.2) is 42.1 Å². The van der Waals surface area contributed by atoms with Crippen LogP contribution in [0, 0.1) is 24.2 Å². The van der Waals surface area contributed by atoms with Crippen molar-refractivity contribution in [3.63, 3.8) is 0 Å². The second kappa shape index (κ2) is 8.46. The molecule has 2 aliphatic heterocycles. The van der Waals surface area contributed by atoms with Crippen molar-refractivity contribution < 1.29 is 13.9 Å². The largest absolute Gasteiger partial charge is 0.469 e. The summed E-state index contributed by atoms with van der Waals surface area (Å²) in [5, 5.41) is 10.3. The van der Waals surface area contributed by atoms with Crippen LogP contribution in [0.2, 0.25) is 0 Å². The molecule has 3 heterocycles. The van der Waals surface area contributed by atoms with Gasteiger partial charge in [0.2, 0.25) is 0 Å². The number of fused-ring (bicyclic) bond motifs is 1. The number of aryl methyl sites for hydroxylation is 1. The fourth-order valence-corrected chi connectivity index (χ4v) is 5.64. The number of hydrogen-bond donors (Lipinski definition) is 0. The third-order valence-corrected chi connectivity index (χ3v) is 7.78. The minimum atomic E-state index is -0.272. The lowest BCUT2D eigenvalue weighted by Gasteiger charge is -2.45. The van der Waals surface area contributed by atoms with E-state index in [2.05, 4.69) is 44.7 Å². The number of carbonyl (C=O) groups is 1. The molecule has 0 bridgehead atoms. The maximum Gasteiger partial charge on any atom is 0.257 e. The predicted octanol–water partition coefficient (Wildman–Crippen LogP) is 5.18. The van der Waals surface area contributed by atoms with Gasteiger partial charge < -0.3 is 19.0 Å². The molecule has 5 rings (SSSR count). The third-order valence-electron chi connectivity index (χ3n) is 7.78. The van der Waals surface area contributed by atoms with E-state index in [1.165, 1.54) is 29.5 Å². The lowest BCUT2D eigenvalue weighted by Crippen LogP contribution is -2.57. The molecule has 6 heteroatoms. The molecule has 1 unspecified atom stereocenters. The van der Waals surface area contributed by atoms with E-state index >= 15 is 0 Å². The zero-order chi connectivity index (χ0) is 24.2. The minimum absolute atomic E-state index is 0.0353. The normalized spacial score (nSPS) is 22.0. The molecule has 0 N–H and O–H groups in total. The highest BCUT2D eigenvalue weighted by atomic mass is 16.5. The Morgan fingerprint density at radius 1 is 1.24 bits per heavy atom. The first-order valence-corrected chi connectivity index (χ1v) is 12.5. The minimum Gasteiger partial charge on any atom is -0.469 e. The Kier molecular flexibility index (Phi) is 5.72. The van der Waals surface area contributed by atoms with Crippen molar-refractivity contribution in [3.8, 4) is 6.07 Å². The lowest BCUT2D eigenvalue weighted by atomic mass is 9.83. The molecular formula is C28H35N3O3. The van der Waals surface area contributed by atoms with Crippen LogP contribution in [0.3, 0.4) is 0 Å². The number of nitriles is 1. The van der Waals surface area contributed by atoms with Gasteiger partial charge >= 0.3 is 0 Å². The van der Waals surface area contributed by atoms with Gasteiger partial charge in [0.25, 0.3) is 5.91 Å². The fraction of sp³-hybridized carbons (Fsp3) is 0.571. The van der Waals surface area contributed by atoms with Crippen LogP contribution in [-0.2, 0) is 17.8 Å². The molecule has 1 aromatic heterocycles. The van der Waals surface area contributed by atoms with Crippen molar-refractivity contribution in [2.45, 2.75) is 78.0 Å².